The van der Waals surface area contributed by atoms with Gasteiger partial charge in [-0.25, -0.2) is 9.18 Å². The molecule has 1 heterocycles. The van der Waals surface area contributed by atoms with Gasteiger partial charge in [0, 0.05) is 18.0 Å². The molecule has 1 amide bonds. The number of hydrogen-bond donors (Lipinski definition) is 0. The predicted octanol–water partition coefficient (Wildman–Crippen LogP) is 4.88. The van der Waals surface area contributed by atoms with Gasteiger partial charge in [0.15, 0.2) is 0 Å². The molecule has 152 valence electrons. The number of hydrogen-bond acceptors (Lipinski definition) is 3. The van der Waals surface area contributed by atoms with Crippen LogP contribution in [-0.4, -0.2) is 22.9 Å². The van der Waals surface area contributed by atoms with Crippen LogP contribution in [0.3, 0.4) is 0 Å². The van der Waals surface area contributed by atoms with Crippen molar-refractivity contribution in [1.82, 2.24) is 4.90 Å². The SMILES string of the molecule is CC1=C(C(=O)OC(C)C)C(c2ccccc2C)CC(=O)N1Cc1cccc(F)c1. The van der Waals surface area contributed by atoms with E-state index in [1.807, 2.05) is 31.2 Å². The lowest BCUT2D eigenvalue weighted by atomic mass is 9.81. The van der Waals surface area contributed by atoms with E-state index < -0.39 is 5.97 Å². The molecule has 0 radical (unpaired) electrons. The van der Waals surface area contributed by atoms with Crippen molar-refractivity contribution in [2.24, 2.45) is 0 Å². The van der Waals surface area contributed by atoms with E-state index in [0.717, 1.165) is 11.1 Å². The van der Waals surface area contributed by atoms with E-state index in [0.29, 0.717) is 16.8 Å². The summed E-state index contributed by atoms with van der Waals surface area (Å²) < 4.78 is 19.1. The Bertz CT molecular complexity index is 964. The fourth-order valence-electron chi connectivity index (χ4n) is 3.81. The van der Waals surface area contributed by atoms with Crippen molar-refractivity contribution in [3.05, 3.63) is 82.3 Å². The Balaban J connectivity index is 2.06. The summed E-state index contributed by atoms with van der Waals surface area (Å²) in [5.41, 5.74) is 3.69. The average molecular weight is 395 g/mol. The second-order valence-electron chi connectivity index (χ2n) is 7.68. The first-order valence-corrected chi connectivity index (χ1v) is 9.80. The minimum Gasteiger partial charge on any atom is -0.460 e. The fourth-order valence-corrected chi connectivity index (χ4v) is 3.81. The first-order chi connectivity index (χ1) is 13.8. The highest BCUT2D eigenvalue weighted by Crippen LogP contribution is 2.39. The molecule has 1 aliphatic rings. The van der Waals surface area contributed by atoms with E-state index >= 15 is 0 Å². The summed E-state index contributed by atoms with van der Waals surface area (Å²) >= 11 is 0. The molecular formula is C24H26FNO3. The Morgan fingerprint density at radius 2 is 1.90 bits per heavy atom. The van der Waals surface area contributed by atoms with E-state index in [1.165, 1.54) is 12.1 Å². The lowest BCUT2D eigenvalue weighted by Crippen LogP contribution is -2.38. The predicted molar refractivity (Wildman–Crippen MR) is 109 cm³/mol. The maximum absolute atomic E-state index is 13.6. The van der Waals surface area contributed by atoms with Crippen LogP contribution in [0.15, 0.2) is 59.8 Å². The normalized spacial score (nSPS) is 17.1. The van der Waals surface area contributed by atoms with Gasteiger partial charge in [-0.3, -0.25) is 4.79 Å². The third-order valence-electron chi connectivity index (χ3n) is 5.18. The standard InChI is InChI=1S/C24H26FNO3/c1-15(2)29-24(28)23-17(4)26(14-18-9-7-10-19(25)12-18)22(27)13-21(23)20-11-6-5-8-16(20)3/h5-12,15,21H,13-14H2,1-4H3. The Kier molecular flexibility index (Phi) is 6.16. The maximum Gasteiger partial charge on any atom is 0.336 e. The Labute approximate surface area is 171 Å². The van der Waals surface area contributed by atoms with Gasteiger partial charge in [0.05, 0.1) is 18.2 Å². The molecule has 29 heavy (non-hydrogen) atoms. The zero-order valence-corrected chi connectivity index (χ0v) is 17.2. The highest BCUT2D eigenvalue weighted by Gasteiger charge is 2.37. The van der Waals surface area contributed by atoms with Gasteiger partial charge in [0.25, 0.3) is 0 Å². The van der Waals surface area contributed by atoms with Crippen molar-refractivity contribution in [2.75, 3.05) is 0 Å². The summed E-state index contributed by atoms with van der Waals surface area (Å²) in [7, 11) is 0. The van der Waals surface area contributed by atoms with E-state index in [1.54, 1.807) is 37.8 Å². The number of rotatable bonds is 5. The summed E-state index contributed by atoms with van der Waals surface area (Å²) in [6.45, 7) is 7.55. The lowest BCUT2D eigenvalue weighted by Gasteiger charge is -2.35. The summed E-state index contributed by atoms with van der Waals surface area (Å²) in [5, 5.41) is 0. The van der Waals surface area contributed by atoms with Crippen molar-refractivity contribution >= 4 is 11.9 Å². The van der Waals surface area contributed by atoms with Gasteiger partial charge in [0.2, 0.25) is 5.91 Å². The van der Waals surface area contributed by atoms with Crippen LogP contribution in [0.4, 0.5) is 4.39 Å². The molecule has 0 bridgehead atoms. The highest BCUT2D eigenvalue weighted by atomic mass is 19.1. The Morgan fingerprint density at radius 1 is 1.17 bits per heavy atom. The lowest BCUT2D eigenvalue weighted by molar-refractivity contribution is -0.143. The Morgan fingerprint density at radius 3 is 2.55 bits per heavy atom. The molecule has 0 aliphatic carbocycles. The van der Waals surface area contributed by atoms with Crippen LogP contribution in [0, 0.1) is 12.7 Å². The minimum absolute atomic E-state index is 0.0962. The van der Waals surface area contributed by atoms with Crippen LogP contribution in [0.25, 0.3) is 0 Å². The van der Waals surface area contributed by atoms with Crippen LogP contribution in [0.1, 0.15) is 49.8 Å². The van der Waals surface area contributed by atoms with Crippen LogP contribution < -0.4 is 0 Å². The first-order valence-electron chi connectivity index (χ1n) is 9.80. The van der Waals surface area contributed by atoms with Crippen molar-refractivity contribution in [1.29, 1.82) is 0 Å². The van der Waals surface area contributed by atoms with E-state index in [9.17, 15) is 14.0 Å². The monoisotopic (exact) mass is 395 g/mol. The molecule has 1 atom stereocenters. The molecule has 2 aromatic carbocycles. The molecule has 0 N–H and O–H groups in total. The molecule has 3 rings (SSSR count). The molecule has 0 aromatic heterocycles. The number of allylic oxidation sites excluding steroid dienone is 1. The summed E-state index contributed by atoms with van der Waals surface area (Å²) in [6.07, 6.45) is -0.102. The number of nitrogens with zero attached hydrogens (tertiary/aromatic N) is 1. The van der Waals surface area contributed by atoms with E-state index in [4.69, 9.17) is 4.74 Å². The zero-order valence-electron chi connectivity index (χ0n) is 17.2. The smallest absolute Gasteiger partial charge is 0.336 e. The van der Waals surface area contributed by atoms with Crippen molar-refractivity contribution in [3.8, 4) is 0 Å². The third-order valence-corrected chi connectivity index (χ3v) is 5.18. The topological polar surface area (TPSA) is 46.6 Å². The average Bonchev–Trinajstić information content (AvgIpc) is 2.64. The summed E-state index contributed by atoms with van der Waals surface area (Å²) in [6, 6.07) is 13.9. The molecule has 4 nitrogen and oxygen atoms in total. The number of amides is 1. The number of carbonyl (C=O) groups is 2. The highest BCUT2D eigenvalue weighted by molar-refractivity contribution is 5.96. The van der Waals surface area contributed by atoms with Crippen LogP contribution in [0.5, 0.6) is 0 Å². The molecule has 1 aliphatic heterocycles. The van der Waals surface area contributed by atoms with Gasteiger partial charge >= 0.3 is 5.97 Å². The number of halogens is 1. The second kappa shape index (κ2) is 8.60. The minimum atomic E-state index is -0.414. The third kappa shape index (κ3) is 4.56. The van der Waals surface area contributed by atoms with Crippen LogP contribution in [0.2, 0.25) is 0 Å². The molecule has 0 saturated carbocycles. The van der Waals surface area contributed by atoms with E-state index in [2.05, 4.69) is 0 Å². The van der Waals surface area contributed by atoms with Crippen molar-refractivity contribution in [2.45, 2.75) is 52.7 Å². The Hall–Kier alpha value is -2.95. The second-order valence-corrected chi connectivity index (χ2v) is 7.68. The number of aryl methyl sites for hydroxylation is 1. The van der Waals surface area contributed by atoms with Crippen LogP contribution >= 0.6 is 0 Å². The molecule has 0 spiro atoms. The van der Waals surface area contributed by atoms with Crippen molar-refractivity contribution in [3.63, 3.8) is 0 Å². The maximum atomic E-state index is 13.6. The first kappa shape index (κ1) is 20.8. The van der Waals surface area contributed by atoms with Crippen LogP contribution in [-0.2, 0) is 20.9 Å². The number of benzene rings is 2. The van der Waals surface area contributed by atoms with Gasteiger partial charge < -0.3 is 9.64 Å². The molecule has 5 heteroatoms. The van der Waals surface area contributed by atoms with Gasteiger partial charge in [-0.15, -0.1) is 0 Å². The summed E-state index contributed by atoms with van der Waals surface area (Å²) in [5.74, 6) is -1.23. The zero-order chi connectivity index (χ0) is 21.1. The van der Waals surface area contributed by atoms with Gasteiger partial charge in [-0.05, 0) is 56.5 Å². The molecule has 0 fully saturated rings. The molecule has 0 saturated heterocycles. The number of ether oxygens (including phenoxy) is 1. The molecule has 1 unspecified atom stereocenters. The summed E-state index contributed by atoms with van der Waals surface area (Å²) in [4.78, 5) is 27.6. The molecule has 2 aromatic rings. The van der Waals surface area contributed by atoms with Gasteiger partial charge in [0.1, 0.15) is 5.82 Å². The van der Waals surface area contributed by atoms with E-state index in [-0.39, 0.29) is 36.7 Å². The van der Waals surface area contributed by atoms with Gasteiger partial charge in [-0.2, -0.15) is 0 Å². The van der Waals surface area contributed by atoms with Crippen molar-refractivity contribution < 1.29 is 18.7 Å². The van der Waals surface area contributed by atoms with Gasteiger partial charge in [-0.1, -0.05) is 36.4 Å². The fraction of sp³-hybridized carbons (Fsp3) is 0.333. The number of carbonyl (C=O) groups excluding carboxylic acids is 2. The quantitative estimate of drug-likeness (QED) is 0.678. The number of esters is 1. The largest absolute Gasteiger partial charge is 0.460 e. The molecular weight excluding hydrogens is 369 g/mol.